The number of phenols is 1. The number of nitrogens with one attached hydrogen (secondary N) is 1. The summed E-state index contributed by atoms with van der Waals surface area (Å²) in [5.74, 6) is 0.320. The normalized spacial score (nSPS) is 11.2. The van der Waals surface area contributed by atoms with Crippen molar-refractivity contribution < 1.29 is 14.6 Å². The van der Waals surface area contributed by atoms with Crippen LogP contribution in [0.5, 0.6) is 11.5 Å². The molecule has 0 spiro atoms. The number of aryl methyl sites for hydroxylation is 1. The number of thioether (sulfide) groups is 1. The molecule has 3 aromatic carbocycles. The summed E-state index contributed by atoms with van der Waals surface area (Å²) in [7, 11) is 1.47. The van der Waals surface area contributed by atoms with E-state index in [-0.39, 0.29) is 17.4 Å². The zero-order valence-corrected chi connectivity index (χ0v) is 19.2. The number of rotatable bonds is 8. The summed E-state index contributed by atoms with van der Waals surface area (Å²) in [6.45, 7) is 2.74. The number of hydrogen-bond acceptors (Lipinski definition) is 6. The van der Waals surface area contributed by atoms with Gasteiger partial charge in [0.15, 0.2) is 16.7 Å². The van der Waals surface area contributed by atoms with Crippen LogP contribution in [-0.4, -0.2) is 39.6 Å². The van der Waals surface area contributed by atoms with E-state index in [2.05, 4.69) is 46.3 Å². The summed E-state index contributed by atoms with van der Waals surface area (Å²) in [6, 6.07) is 21.2. The van der Waals surface area contributed by atoms with E-state index in [1.54, 1.807) is 12.1 Å². The van der Waals surface area contributed by atoms with E-state index < -0.39 is 0 Å². The van der Waals surface area contributed by atoms with Gasteiger partial charge in [0, 0.05) is 0 Å². The molecule has 8 heteroatoms. The van der Waals surface area contributed by atoms with Crippen LogP contribution in [0.2, 0.25) is 0 Å². The first-order valence-electron chi connectivity index (χ1n) is 10.4. The second kappa shape index (κ2) is 10.2. The predicted molar refractivity (Wildman–Crippen MR) is 131 cm³/mol. The fourth-order valence-corrected chi connectivity index (χ4v) is 4.11. The lowest BCUT2D eigenvalue weighted by molar-refractivity contribution is -0.118. The van der Waals surface area contributed by atoms with Crippen LogP contribution in [0.15, 0.2) is 77.0 Å². The maximum absolute atomic E-state index is 12.4. The molecule has 0 aliphatic rings. The molecule has 4 aromatic rings. The minimum Gasteiger partial charge on any atom is -0.504 e. The minimum absolute atomic E-state index is 0.0450. The number of aromatic nitrogens is 2. The number of amides is 1. The van der Waals surface area contributed by atoms with Gasteiger partial charge < -0.3 is 14.4 Å². The third-order valence-electron chi connectivity index (χ3n) is 5.02. The molecule has 0 bridgehead atoms. The summed E-state index contributed by atoms with van der Waals surface area (Å²) in [4.78, 5) is 17.1. The third-order valence-corrected chi connectivity index (χ3v) is 6.00. The van der Waals surface area contributed by atoms with Crippen LogP contribution in [0, 0.1) is 6.92 Å². The Bertz CT molecular complexity index is 1300. The van der Waals surface area contributed by atoms with Crippen LogP contribution in [0.1, 0.15) is 16.7 Å². The molecule has 0 radical (unpaired) electrons. The number of carbonyl (C=O) groups is 1. The van der Waals surface area contributed by atoms with Gasteiger partial charge in [-0.1, -0.05) is 53.7 Å². The van der Waals surface area contributed by atoms with Crippen molar-refractivity contribution in [3.8, 4) is 11.5 Å². The van der Waals surface area contributed by atoms with Crippen molar-refractivity contribution in [1.29, 1.82) is 0 Å². The van der Waals surface area contributed by atoms with Gasteiger partial charge in [-0.3, -0.25) is 4.79 Å². The molecule has 0 aliphatic heterocycles. The number of nitrogens with zero attached hydrogens (tertiary/aromatic N) is 3. The maximum atomic E-state index is 12.4. The molecular formula is C25H24N4O3S. The van der Waals surface area contributed by atoms with Crippen LogP contribution in [-0.2, 0) is 11.3 Å². The average Bonchev–Trinajstić information content (AvgIpc) is 3.17. The van der Waals surface area contributed by atoms with E-state index >= 15 is 0 Å². The zero-order chi connectivity index (χ0) is 23.2. The molecule has 0 fully saturated rings. The number of phenolic OH excluding ortho intramolecular Hbond substituents is 1. The molecule has 0 aliphatic carbocycles. The summed E-state index contributed by atoms with van der Waals surface area (Å²) in [5, 5.41) is 14.4. The number of benzene rings is 3. The first kappa shape index (κ1) is 22.4. The molecule has 2 N–H and O–H groups in total. The number of fused-ring (bicyclic) bond motifs is 1. The number of hydrazone groups is 1. The predicted octanol–water partition coefficient (Wildman–Crippen LogP) is 4.35. The number of methoxy groups -OCH3 is 1. The summed E-state index contributed by atoms with van der Waals surface area (Å²) < 4.78 is 7.20. The van der Waals surface area contributed by atoms with Crippen molar-refractivity contribution >= 4 is 34.9 Å². The van der Waals surface area contributed by atoms with E-state index in [0.29, 0.717) is 17.9 Å². The van der Waals surface area contributed by atoms with E-state index in [1.807, 2.05) is 24.3 Å². The molecule has 33 heavy (non-hydrogen) atoms. The van der Waals surface area contributed by atoms with Crippen molar-refractivity contribution in [3.05, 3.63) is 83.4 Å². The Labute approximate surface area is 196 Å². The molecule has 4 rings (SSSR count). The van der Waals surface area contributed by atoms with Crippen molar-refractivity contribution in [2.45, 2.75) is 18.6 Å². The first-order valence-corrected chi connectivity index (χ1v) is 11.3. The van der Waals surface area contributed by atoms with Gasteiger partial charge in [-0.25, -0.2) is 10.4 Å². The van der Waals surface area contributed by atoms with Crippen molar-refractivity contribution in [2.24, 2.45) is 5.10 Å². The van der Waals surface area contributed by atoms with Gasteiger partial charge in [0.25, 0.3) is 5.91 Å². The van der Waals surface area contributed by atoms with Gasteiger partial charge >= 0.3 is 0 Å². The van der Waals surface area contributed by atoms with Gasteiger partial charge in [0.1, 0.15) is 0 Å². The van der Waals surface area contributed by atoms with Crippen molar-refractivity contribution in [1.82, 2.24) is 15.0 Å². The quantitative estimate of drug-likeness (QED) is 0.232. The van der Waals surface area contributed by atoms with Gasteiger partial charge in [-0.15, -0.1) is 0 Å². The number of aromatic hydroxyl groups is 1. The maximum Gasteiger partial charge on any atom is 0.250 e. The van der Waals surface area contributed by atoms with Gasteiger partial charge in [0.2, 0.25) is 0 Å². The molecule has 0 saturated heterocycles. The van der Waals surface area contributed by atoms with Gasteiger partial charge in [0.05, 0.1) is 36.7 Å². The highest BCUT2D eigenvalue weighted by Gasteiger charge is 2.13. The molecule has 0 saturated carbocycles. The third kappa shape index (κ3) is 5.53. The highest BCUT2D eigenvalue weighted by atomic mass is 32.2. The van der Waals surface area contributed by atoms with Crippen LogP contribution in [0.3, 0.4) is 0 Å². The lowest BCUT2D eigenvalue weighted by atomic mass is 10.1. The Morgan fingerprint density at radius 2 is 1.97 bits per heavy atom. The molecular weight excluding hydrogens is 436 g/mol. The number of imidazole rings is 1. The number of para-hydroxylation sites is 2. The Kier molecular flexibility index (Phi) is 6.95. The minimum atomic E-state index is -0.240. The standard InChI is InChI=1S/C25H24N4O3S/c1-17-7-9-18(10-8-17)15-29-21-6-4-3-5-20(21)27-25(29)33-16-24(31)28-26-14-19-11-12-22(30)23(13-19)32-2/h3-14,30H,15-16H2,1-2H3,(H,28,31)/b26-14+. The molecule has 1 heterocycles. The largest absolute Gasteiger partial charge is 0.504 e. The van der Waals surface area contributed by atoms with E-state index in [1.165, 1.54) is 42.3 Å². The highest BCUT2D eigenvalue weighted by Crippen LogP contribution is 2.26. The van der Waals surface area contributed by atoms with Crippen molar-refractivity contribution in [3.63, 3.8) is 0 Å². The molecule has 7 nitrogen and oxygen atoms in total. The molecule has 0 atom stereocenters. The second-order valence-electron chi connectivity index (χ2n) is 7.47. The Morgan fingerprint density at radius 1 is 1.18 bits per heavy atom. The summed E-state index contributed by atoms with van der Waals surface area (Å²) in [6.07, 6.45) is 1.50. The van der Waals surface area contributed by atoms with E-state index in [4.69, 9.17) is 9.72 Å². The SMILES string of the molecule is COc1cc(/C=N/NC(=O)CSc2nc3ccccc3n2Cc2ccc(C)cc2)ccc1O. The first-order chi connectivity index (χ1) is 16.0. The average molecular weight is 461 g/mol. The lowest BCUT2D eigenvalue weighted by Gasteiger charge is -2.09. The van der Waals surface area contributed by atoms with E-state index in [9.17, 15) is 9.90 Å². The topological polar surface area (TPSA) is 88.7 Å². The molecule has 1 amide bonds. The van der Waals surface area contributed by atoms with Crippen LogP contribution in [0.25, 0.3) is 11.0 Å². The van der Waals surface area contributed by atoms with Gasteiger partial charge in [-0.05, 0) is 48.4 Å². The highest BCUT2D eigenvalue weighted by molar-refractivity contribution is 7.99. The van der Waals surface area contributed by atoms with Crippen LogP contribution >= 0.6 is 11.8 Å². The smallest absolute Gasteiger partial charge is 0.250 e. The Balaban J connectivity index is 1.43. The number of hydrogen-bond donors (Lipinski definition) is 2. The Hall–Kier alpha value is -3.78. The molecule has 1 aromatic heterocycles. The summed E-state index contributed by atoms with van der Waals surface area (Å²) in [5.41, 5.74) is 7.53. The number of ether oxygens (including phenoxy) is 1. The number of carbonyl (C=O) groups excluding carboxylic acids is 1. The van der Waals surface area contributed by atoms with Crippen molar-refractivity contribution in [2.75, 3.05) is 12.9 Å². The van der Waals surface area contributed by atoms with Gasteiger partial charge in [-0.2, -0.15) is 5.10 Å². The zero-order valence-electron chi connectivity index (χ0n) is 18.4. The lowest BCUT2D eigenvalue weighted by Crippen LogP contribution is -2.20. The van der Waals surface area contributed by atoms with Crippen LogP contribution in [0.4, 0.5) is 0 Å². The molecule has 0 unspecified atom stereocenters. The second-order valence-corrected chi connectivity index (χ2v) is 8.41. The summed E-state index contributed by atoms with van der Waals surface area (Å²) >= 11 is 1.37. The molecule has 168 valence electrons. The fourth-order valence-electron chi connectivity index (χ4n) is 3.31. The fraction of sp³-hybridized carbons (Fsp3) is 0.160. The van der Waals surface area contributed by atoms with Crippen LogP contribution < -0.4 is 10.2 Å². The van der Waals surface area contributed by atoms with E-state index in [0.717, 1.165) is 16.2 Å². The monoisotopic (exact) mass is 460 g/mol. The Morgan fingerprint density at radius 3 is 2.76 bits per heavy atom.